The molecule has 0 radical (unpaired) electrons. The second kappa shape index (κ2) is 7.97. The molecule has 1 amide bonds. The van der Waals surface area contributed by atoms with E-state index >= 15 is 0 Å². The standard InChI is InChI=1S/C21H25N3O/c1-3-16(2)22-21(25)15-24-19-12-8-7-11-18(19)23-20(24)14-13-17-9-5-4-6-10-17/h4-12,16H,3,13-15H2,1-2H3,(H,22,25). The zero-order valence-electron chi connectivity index (χ0n) is 14.9. The van der Waals surface area contributed by atoms with Gasteiger partial charge in [-0.05, 0) is 37.5 Å². The molecule has 0 spiro atoms. The zero-order chi connectivity index (χ0) is 17.6. The van der Waals surface area contributed by atoms with Crippen molar-refractivity contribution in [1.29, 1.82) is 0 Å². The zero-order valence-corrected chi connectivity index (χ0v) is 14.9. The minimum atomic E-state index is 0.0402. The Labute approximate surface area is 148 Å². The van der Waals surface area contributed by atoms with Crippen molar-refractivity contribution < 1.29 is 4.79 Å². The molecule has 0 aliphatic rings. The fraction of sp³-hybridized carbons (Fsp3) is 0.333. The summed E-state index contributed by atoms with van der Waals surface area (Å²) in [5.41, 5.74) is 3.25. The van der Waals surface area contributed by atoms with Crippen LogP contribution in [0.15, 0.2) is 54.6 Å². The Morgan fingerprint density at radius 1 is 1.08 bits per heavy atom. The minimum absolute atomic E-state index is 0.0402. The van der Waals surface area contributed by atoms with Crippen LogP contribution in [0.1, 0.15) is 31.7 Å². The van der Waals surface area contributed by atoms with Gasteiger partial charge in [0.15, 0.2) is 0 Å². The van der Waals surface area contributed by atoms with Crippen LogP contribution in [0.25, 0.3) is 11.0 Å². The normalized spacial score (nSPS) is 12.2. The van der Waals surface area contributed by atoms with Crippen LogP contribution in [-0.2, 0) is 24.2 Å². The van der Waals surface area contributed by atoms with E-state index in [1.807, 2.05) is 37.3 Å². The van der Waals surface area contributed by atoms with Crippen LogP contribution in [0.3, 0.4) is 0 Å². The van der Waals surface area contributed by atoms with Gasteiger partial charge >= 0.3 is 0 Å². The fourth-order valence-electron chi connectivity index (χ4n) is 2.96. The summed E-state index contributed by atoms with van der Waals surface area (Å²) in [4.78, 5) is 17.2. The SMILES string of the molecule is CCC(C)NC(=O)Cn1c(CCc2ccccc2)nc2ccccc21. The molecule has 25 heavy (non-hydrogen) atoms. The number of nitrogens with one attached hydrogen (secondary N) is 1. The predicted molar refractivity (Wildman–Crippen MR) is 101 cm³/mol. The van der Waals surface area contributed by atoms with E-state index in [1.165, 1.54) is 5.56 Å². The molecule has 1 atom stereocenters. The van der Waals surface area contributed by atoms with Crippen molar-refractivity contribution in [3.8, 4) is 0 Å². The molecule has 1 heterocycles. The maximum Gasteiger partial charge on any atom is 0.240 e. The molecule has 4 nitrogen and oxygen atoms in total. The summed E-state index contributed by atoms with van der Waals surface area (Å²) in [5.74, 6) is 1.00. The molecule has 3 aromatic rings. The van der Waals surface area contributed by atoms with Crippen LogP contribution in [0, 0.1) is 0 Å². The summed E-state index contributed by atoms with van der Waals surface area (Å²) >= 11 is 0. The van der Waals surface area contributed by atoms with Crippen LogP contribution in [0.2, 0.25) is 0 Å². The molecule has 2 aromatic carbocycles. The van der Waals surface area contributed by atoms with E-state index in [0.717, 1.165) is 36.1 Å². The van der Waals surface area contributed by atoms with Gasteiger partial charge in [-0.1, -0.05) is 49.4 Å². The van der Waals surface area contributed by atoms with Crippen LogP contribution in [-0.4, -0.2) is 21.5 Å². The van der Waals surface area contributed by atoms with E-state index in [0.29, 0.717) is 6.54 Å². The van der Waals surface area contributed by atoms with E-state index in [1.54, 1.807) is 0 Å². The molecular formula is C21H25N3O. The highest BCUT2D eigenvalue weighted by atomic mass is 16.2. The van der Waals surface area contributed by atoms with Gasteiger partial charge in [0.2, 0.25) is 5.91 Å². The number of amides is 1. The Kier molecular flexibility index (Phi) is 5.49. The van der Waals surface area contributed by atoms with Gasteiger partial charge in [-0.15, -0.1) is 0 Å². The number of aromatic nitrogens is 2. The average molecular weight is 335 g/mol. The van der Waals surface area contributed by atoms with Gasteiger partial charge in [0.05, 0.1) is 11.0 Å². The lowest BCUT2D eigenvalue weighted by Crippen LogP contribution is -2.35. The van der Waals surface area contributed by atoms with Gasteiger partial charge < -0.3 is 9.88 Å². The lowest BCUT2D eigenvalue weighted by Gasteiger charge is -2.13. The molecule has 130 valence electrons. The van der Waals surface area contributed by atoms with Gasteiger partial charge in [-0.2, -0.15) is 0 Å². The van der Waals surface area contributed by atoms with Gasteiger partial charge in [-0.25, -0.2) is 4.98 Å². The summed E-state index contributed by atoms with van der Waals surface area (Å²) in [6.45, 7) is 4.41. The van der Waals surface area contributed by atoms with Crippen molar-refractivity contribution in [2.75, 3.05) is 0 Å². The quantitative estimate of drug-likeness (QED) is 0.715. The summed E-state index contributed by atoms with van der Waals surface area (Å²) in [5, 5.41) is 3.05. The summed E-state index contributed by atoms with van der Waals surface area (Å²) in [7, 11) is 0. The van der Waals surface area contributed by atoms with E-state index in [4.69, 9.17) is 4.98 Å². The first-order chi connectivity index (χ1) is 12.2. The summed E-state index contributed by atoms with van der Waals surface area (Å²) in [6, 6.07) is 18.6. The van der Waals surface area contributed by atoms with Crippen LogP contribution in [0.5, 0.6) is 0 Å². The molecule has 1 aromatic heterocycles. The first-order valence-corrected chi connectivity index (χ1v) is 8.94. The molecule has 0 aliphatic carbocycles. The van der Waals surface area contributed by atoms with Gasteiger partial charge in [-0.3, -0.25) is 4.79 Å². The molecule has 0 aliphatic heterocycles. The summed E-state index contributed by atoms with van der Waals surface area (Å²) in [6.07, 6.45) is 2.66. The van der Waals surface area contributed by atoms with E-state index in [-0.39, 0.29) is 11.9 Å². The lowest BCUT2D eigenvalue weighted by atomic mass is 10.1. The van der Waals surface area contributed by atoms with Gasteiger partial charge in [0, 0.05) is 12.5 Å². The second-order valence-corrected chi connectivity index (χ2v) is 6.47. The second-order valence-electron chi connectivity index (χ2n) is 6.47. The fourth-order valence-corrected chi connectivity index (χ4v) is 2.96. The maximum atomic E-state index is 12.4. The molecule has 1 unspecified atom stereocenters. The number of aryl methyl sites for hydroxylation is 2. The van der Waals surface area contributed by atoms with Crippen LogP contribution < -0.4 is 5.32 Å². The third kappa shape index (κ3) is 4.27. The Hall–Kier alpha value is -2.62. The van der Waals surface area contributed by atoms with Crippen LogP contribution >= 0.6 is 0 Å². The monoisotopic (exact) mass is 335 g/mol. The lowest BCUT2D eigenvalue weighted by molar-refractivity contribution is -0.122. The van der Waals surface area contributed by atoms with Crippen molar-refractivity contribution in [3.05, 3.63) is 66.0 Å². The highest BCUT2D eigenvalue weighted by Crippen LogP contribution is 2.17. The number of fused-ring (bicyclic) bond motifs is 1. The molecule has 0 saturated heterocycles. The molecule has 4 heteroatoms. The first kappa shape index (κ1) is 17.2. The van der Waals surface area contributed by atoms with E-state index in [9.17, 15) is 4.79 Å². The third-order valence-corrected chi connectivity index (χ3v) is 4.54. The van der Waals surface area contributed by atoms with Crippen molar-refractivity contribution in [2.45, 2.75) is 45.7 Å². The van der Waals surface area contributed by atoms with Crippen molar-refractivity contribution in [2.24, 2.45) is 0 Å². The van der Waals surface area contributed by atoms with E-state index in [2.05, 4.69) is 41.1 Å². The minimum Gasteiger partial charge on any atom is -0.352 e. The Bertz CT molecular complexity index is 839. The van der Waals surface area contributed by atoms with Gasteiger partial charge in [0.1, 0.15) is 12.4 Å². The molecule has 0 saturated carbocycles. The smallest absolute Gasteiger partial charge is 0.240 e. The van der Waals surface area contributed by atoms with Crippen molar-refractivity contribution >= 4 is 16.9 Å². The number of carbonyl (C=O) groups is 1. The predicted octanol–water partition coefficient (Wildman–Crippen LogP) is 3.74. The third-order valence-electron chi connectivity index (χ3n) is 4.54. The van der Waals surface area contributed by atoms with Crippen molar-refractivity contribution in [3.63, 3.8) is 0 Å². The van der Waals surface area contributed by atoms with E-state index < -0.39 is 0 Å². The van der Waals surface area contributed by atoms with Crippen LogP contribution in [0.4, 0.5) is 0 Å². The van der Waals surface area contributed by atoms with Gasteiger partial charge in [0.25, 0.3) is 0 Å². The Morgan fingerprint density at radius 3 is 2.56 bits per heavy atom. The number of hydrogen-bond acceptors (Lipinski definition) is 2. The number of nitrogens with zero attached hydrogens (tertiary/aromatic N) is 2. The largest absolute Gasteiger partial charge is 0.352 e. The number of benzene rings is 2. The summed E-state index contributed by atoms with van der Waals surface area (Å²) < 4.78 is 2.05. The number of imidazole rings is 1. The molecule has 3 rings (SSSR count). The Morgan fingerprint density at radius 2 is 1.80 bits per heavy atom. The topological polar surface area (TPSA) is 46.9 Å². The Balaban J connectivity index is 1.83. The number of carbonyl (C=O) groups excluding carboxylic acids is 1. The number of para-hydroxylation sites is 2. The highest BCUT2D eigenvalue weighted by molar-refractivity contribution is 5.81. The molecular weight excluding hydrogens is 310 g/mol. The molecule has 1 N–H and O–H groups in total. The first-order valence-electron chi connectivity index (χ1n) is 8.94. The average Bonchev–Trinajstić information content (AvgIpc) is 2.98. The number of hydrogen-bond donors (Lipinski definition) is 1. The number of rotatable bonds is 7. The highest BCUT2D eigenvalue weighted by Gasteiger charge is 2.14. The molecule has 0 fully saturated rings. The van der Waals surface area contributed by atoms with Crippen molar-refractivity contribution in [1.82, 2.24) is 14.9 Å². The molecule has 0 bridgehead atoms. The maximum absolute atomic E-state index is 12.4.